The Balaban J connectivity index is 0.00000225. The second-order valence-corrected chi connectivity index (χ2v) is 7.91. The molecule has 3 nitrogen and oxygen atoms in total. The van der Waals surface area contributed by atoms with Gasteiger partial charge in [0.05, 0.1) is 0 Å². The van der Waals surface area contributed by atoms with E-state index in [2.05, 4.69) is 53.0 Å². The molecule has 0 aliphatic carbocycles. The van der Waals surface area contributed by atoms with Crippen LogP contribution in [0.3, 0.4) is 0 Å². The van der Waals surface area contributed by atoms with E-state index in [1.165, 1.54) is 17.3 Å². The third kappa shape index (κ3) is 4.04. The van der Waals surface area contributed by atoms with Crippen LogP contribution in [-0.4, -0.2) is 41.5 Å². The first-order chi connectivity index (χ1) is 12.8. The third-order valence-electron chi connectivity index (χ3n) is 6.00. The summed E-state index contributed by atoms with van der Waals surface area (Å²) < 4.78 is 38.0. The van der Waals surface area contributed by atoms with Crippen LogP contribution in [0.4, 0.5) is 13.2 Å². The number of fused-ring (bicyclic) bond motifs is 1. The summed E-state index contributed by atoms with van der Waals surface area (Å²) in [6.07, 6.45) is -3.02. The average Bonchev–Trinajstić information content (AvgIpc) is 3.11. The summed E-state index contributed by atoms with van der Waals surface area (Å²) in [7, 11) is 2.19. The van der Waals surface area contributed by atoms with Gasteiger partial charge in [0.25, 0.3) is 0 Å². The van der Waals surface area contributed by atoms with Gasteiger partial charge in [-0.3, -0.25) is 14.8 Å². The largest absolute Gasteiger partial charge is 0.433 e. The van der Waals surface area contributed by atoms with Crippen molar-refractivity contribution < 1.29 is 13.2 Å². The van der Waals surface area contributed by atoms with Gasteiger partial charge < -0.3 is 0 Å². The first-order valence-electron chi connectivity index (χ1n) is 9.33. The Labute approximate surface area is 170 Å². The Bertz CT molecular complexity index is 809. The SMILES string of the molecule is Cc1ccccc1[C@H]1[C@@H]2CN(Cc3ccc(C(F)(F)F)nc3)C[C@@H]2CN1C.Cl. The molecule has 2 aromatic rings. The van der Waals surface area contributed by atoms with Crippen molar-refractivity contribution in [3.8, 4) is 0 Å². The van der Waals surface area contributed by atoms with Crippen molar-refractivity contribution in [2.24, 2.45) is 11.8 Å². The molecule has 0 radical (unpaired) electrons. The number of hydrogen-bond donors (Lipinski definition) is 0. The van der Waals surface area contributed by atoms with Gasteiger partial charge in [0, 0.05) is 38.4 Å². The van der Waals surface area contributed by atoms with E-state index in [4.69, 9.17) is 0 Å². The lowest BCUT2D eigenvalue weighted by molar-refractivity contribution is -0.141. The summed E-state index contributed by atoms with van der Waals surface area (Å²) >= 11 is 0. The molecular weight excluding hydrogens is 387 g/mol. The smallest absolute Gasteiger partial charge is 0.299 e. The molecule has 3 heterocycles. The maximum Gasteiger partial charge on any atom is 0.433 e. The van der Waals surface area contributed by atoms with Crippen molar-refractivity contribution in [3.05, 3.63) is 65.0 Å². The molecule has 0 bridgehead atoms. The molecule has 4 rings (SSSR count). The van der Waals surface area contributed by atoms with Gasteiger partial charge in [-0.2, -0.15) is 13.2 Å². The number of likely N-dealkylation sites (tertiary alicyclic amines) is 2. The predicted molar refractivity (Wildman–Crippen MR) is 105 cm³/mol. The van der Waals surface area contributed by atoms with E-state index >= 15 is 0 Å². The van der Waals surface area contributed by atoms with Crippen LogP contribution in [-0.2, 0) is 12.7 Å². The summed E-state index contributed by atoms with van der Waals surface area (Å²) in [4.78, 5) is 8.40. The van der Waals surface area contributed by atoms with Crippen LogP contribution in [0.5, 0.6) is 0 Å². The minimum atomic E-state index is -4.38. The van der Waals surface area contributed by atoms with Crippen LogP contribution in [0.25, 0.3) is 0 Å². The normalized spacial score (nSPS) is 25.5. The maximum absolute atomic E-state index is 12.7. The Hall–Kier alpha value is -1.63. The standard InChI is InChI=1S/C21H24F3N3.ClH/c1-14-5-3-4-6-17(14)20-18-13-27(12-16(18)11-26(20)2)10-15-7-8-19(25-9-15)21(22,23)24;/h3-9,16,18,20H,10-13H2,1-2H3;1H/t16-,18+,20-;/m0./s1. The molecule has 0 unspecified atom stereocenters. The van der Waals surface area contributed by atoms with Gasteiger partial charge in [-0.1, -0.05) is 30.3 Å². The van der Waals surface area contributed by atoms with E-state index in [-0.39, 0.29) is 12.4 Å². The quantitative estimate of drug-likeness (QED) is 0.737. The van der Waals surface area contributed by atoms with Crippen molar-refractivity contribution in [1.82, 2.24) is 14.8 Å². The molecule has 2 saturated heterocycles. The highest BCUT2D eigenvalue weighted by Crippen LogP contribution is 2.45. The van der Waals surface area contributed by atoms with Crippen LogP contribution >= 0.6 is 12.4 Å². The minimum absolute atomic E-state index is 0. The zero-order valence-electron chi connectivity index (χ0n) is 16.0. The van der Waals surface area contributed by atoms with Crippen molar-refractivity contribution in [2.45, 2.75) is 25.7 Å². The highest BCUT2D eigenvalue weighted by Gasteiger charge is 2.46. The van der Waals surface area contributed by atoms with E-state index in [1.54, 1.807) is 6.07 Å². The summed E-state index contributed by atoms with van der Waals surface area (Å²) in [6, 6.07) is 11.6. The molecule has 2 fully saturated rings. The van der Waals surface area contributed by atoms with Crippen molar-refractivity contribution in [2.75, 3.05) is 26.7 Å². The van der Waals surface area contributed by atoms with Gasteiger partial charge >= 0.3 is 6.18 Å². The summed E-state index contributed by atoms with van der Waals surface area (Å²) in [5.74, 6) is 1.15. The Morgan fingerprint density at radius 2 is 1.82 bits per heavy atom. The second kappa shape index (κ2) is 8.01. The lowest BCUT2D eigenvalue weighted by Gasteiger charge is -2.28. The fourth-order valence-corrected chi connectivity index (χ4v) is 4.81. The molecule has 1 aromatic carbocycles. The van der Waals surface area contributed by atoms with Crippen LogP contribution in [0.2, 0.25) is 0 Å². The second-order valence-electron chi connectivity index (χ2n) is 7.91. The molecule has 2 aliphatic rings. The highest BCUT2D eigenvalue weighted by molar-refractivity contribution is 5.85. The van der Waals surface area contributed by atoms with Crippen molar-refractivity contribution in [1.29, 1.82) is 0 Å². The third-order valence-corrected chi connectivity index (χ3v) is 6.00. The lowest BCUT2D eigenvalue weighted by atomic mass is 9.88. The van der Waals surface area contributed by atoms with E-state index in [1.807, 2.05) is 0 Å². The number of pyridine rings is 1. The van der Waals surface area contributed by atoms with Gasteiger partial charge in [0.1, 0.15) is 5.69 Å². The van der Waals surface area contributed by atoms with E-state index in [9.17, 15) is 13.2 Å². The van der Waals surface area contributed by atoms with Crippen LogP contribution in [0, 0.1) is 18.8 Å². The Morgan fingerprint density at radius 3 is 2.46 bits per heavy atom. The number of alkyl halides is 3. The Morgan fingerprint density at radius 1 is 1.07 bits per heavy atom. The average molecular weight is 412 g/mol. The summed E-state index contributed by atoms with van der Waals surface area (Å²) in [6.45, 7) is 5.83. The van der Waals surface area contributed by atoms with Crippen molar-refractivity contribution >= 4 is 12.4 Å². The number of hydrogen-bond acceptors (Lipinski definition) is 3. The van der Waals surface area contributed by atoms with Crippen LogP contribution < -0.4 is 0 Å². The zero-order chi connectivity index (χ0) is 19.2. The van der Waals surface area contributed by atoms with Gasteiger partial charge in [-0.25, -0.2) is 0 Å². The fourth-order valence-electron chi connectivity index (χ4n) is 4.81. The minimum Gasteiger partial charge on any atom is -0.299 e. The topological polar surface area (TPSA) is 19.4 Å². The predicted octanol–water partition coefficient (Wildman–Crippen LogP) is 4.57. The highest BCUT2D eigenvalue weighted by atomic mass is 35.5. The molecular formula is C21H25ClF3N3. The summed E-state index contributed by atoms with van der Waals surface area (Å²) in [5.41, 5.74) is 2.72. The number of aryl methyl sites for hydroxylation is 1. The molecule has 0 spiro atoms. The lowest BCUT2D eigenvalue weighted by Crippen LogP contribution is -2.29. The molecule has 152 valence electrons. The zero-order valence-corrected chi connectivity index (χ0v) is 16.8. The van der Waals surface area contributed by atoms with E-state index < -0.39 is 11.9 Å². The van der Waals surface area contributed by atoms with Gasteiger partial charge in [0.2, 0.25) is 0 Å². The number of benzene rings is 1. The monoisotopic (exact) mass is 411 g/mol. The Kier molecular flexibility index (Phi) is 6.03. The van der Waals surface area contributed by atoms with Crippen LogP contribution in [0.1, 0.15) is 28.4 Å². The molecule has 7 heteroatoms. The molecule has 0 amide bonds. The molecule has 3 atom stereocenters. The number of nitrogens with zero attached hydrogens (tertiary/aromatic N) is 3. The van der Waals surface area contributed by atoms with Crippen molar-refractivity contribution in [3.63, 3.8) is 0 Å². The first kappa shape index (κ1) is 21.1. The molecule has 0 saturated carbocycles. The van der Waals surface area contributed by atoms with Crippen LogP contribution in [0.15, 0.2) is 42.6 Å². The van der Waals surface area contributed by atoms with E-state index in [0.717, 1.165) is 31.3 Å². The fraction of sp³-hybridized carbons (Fsp3) is 0.476. The maximum atomic E-state index is 12.7. The molecule has 2 aliphatic heterocycles. The van der Waals surface area contributed by atoms with Gasteiger partial charge in [0.15, 0.2) is 0 Å². The molecule has 28 heavy (non-hydrogen) atoms. The number of rotatable bonds is 3. The summed E-state index contributed by atoms with van der Waals surface area (Å²) in [5, 5.41) is 0. The number of aromatic nitrogens is 1. The van der Waals surface area contributed by atoms with Gasteiger partial charge in [-0.15, -0.1) is 12.4 Å². The molecule has 1 aromatic heterocycles. The number of halogens is 4. The van der Waals surface area contributed by atoms with E-state index in [0.29, 0.717) is 24.4 Å². The van der Waals surface area contributed by atoms with Gasteiger partial charge in [-0.05, 0) is 48.6 Å². The first-order valence-corrected chi connectivity index (χ1v) is 9.33. The molecule has 0 N–H and O–H groups in total.